The molecule has 18 heavy (non-hydrogen) atoms. The van der Waals surface area contributed by atoms with Gasteiger partial charge in [0.25, 0.3) is 0 Å². The van der Waals surface area contributed by atoms with E-state index in [1.165, 1.54) is 0 Å². The van der Waals surface area contributed by atoms with Gasteiger partial charge in [-0.2, -0.15) is 0 Å². The van der Waals surface area contributed by atoms with Gasteiger partial charge in [-0.05, 0) is 44.9 Å². The minimum absolute atomic E-state index is 0.0680. The lowest BCUT2D eigenvalue weighted by atomic mass is 9.93. The molecule has 2 fully saturated rings. The number of sulfonamides is 1. The molecule has 1 heterocycles. The third kappa shape index (κ3) is 4.50. The van der Waals surface area contributed by atoms with E-state index in [0.29, 0.717) is 6.61 Å². The fourth-order valence-electron chi connectivity index (χ4n) is 2.72. The molecule has 0 aromatic rings. The van der Waals surface area contributed by atoms with E-state index < -0.39 is 10.0 Å². The summed E-state index contributed by atoms with van der Waals surface area (Å²) in [5.74, 6) is 0.107. The van der Waals surface area contributed by atoms with Crippen LogP contribution in [-0.2, 0) is 14.8 Å². The molecule has 1 unspecified atom stereocenters. The molecular weight excluding hydrogens is 252 g/mol. The SMILES string of the molecule is NC1CCC(NS(=O)(=O)CC2CCCCO2)CC1. The molecule has 0 aromatic heterocycles. The molecule has 0 aromatic carbocycles. The molecule has 1 aliphatic heterocycles. The van der Waals surface area contributed by atoms with Crippen molar-refractivity contribution in [2.75, 3.05) is 12.4 Å². The van der Waals surface area contributed by atoms with Crippen molar-refractivity contribution >= 4 is 10.0 Å². The van der Waals surface area contributed by atoms with E-state index in [1.807, 2.05) is 0 Å². The normalized spacial score (nSPS) is 34.4. The van der Waals surface area contributed by atoms with E-state index >= 15 is 0 Å². The van der Waals surface area contributed by atoms with Crippen molar-refractivity contribution < 1.29 is 13.2 Å². The van der Waals surface area contributed by atoms with Crippen LogP contribution in [0.5, 0.6) is 0 Å². The second-order valence-electron chi connectivity index (χ2n) is 5.50. The van der Waals surface area contributed by atoms with Crippen LogP contribution in [0, 0.1) is 0 Å². The lowest BCUT2D eigenvalue weighted by Crippen LogP contribution is -2.43. The summed E-state index contributed by atoms with van der Waals surface area (Å²) >= 11 is 0. The van der Waals surface area contributed by atoms with E-state index in [4.69, 9.17) is 10.5 Å². The van der Waals surface area contributed by atoms with Crippen molar-refractivity contribution in [3.63, 3.8) is 0 Å². The number of rotatable bonds is 4. The smallest absolute Gasteiger partial charge is 0.214 e. The van der Waals surface area contributed by atoms with Gasteiger partial charge in [-0.25, -0.2) is 13.1 Å². The Bertz CT molecular complexity index is 344. The zero-order valence-corrected chi connectivity index (χ0v) is 11.6. The summed E-state index contributed by atoms with van der Waals surface area (Å²) in [4.78, 5) is 0. The Morgan fingerprint density at radius 3 is 2.44 bits per heavy atom. The number of nitrogens with two attached hydrogens (primary N) is 1. The minimum atomic E-state index is -3.21. The average Bonchev–Trinajstić information content (AvgIpc) is 2.32. The highest BCUT2D eigenvalue weighted by atomic mass is 32.2. The number of hydrogen-bond donors (Lipinski definition) is 2. The van der Waals surface area contributed by atoms with Gasteiger partial charge in [-0.1, -0.05) is 0 Å². The van der Waals surface area contributed by atoms with Gasteiger partial charge in [0.05, 0.1) is 11.9 Å². The Kier molecular flexibility index (Phi) is 5.00. The monoisotopic (exact) mass is 276 g/mol. The molecule has 0 radical (unpaired) electrons. The fraction of sp³-hybridized carbons (Fsp3) is 1.00. The quantitative estimate of drug-likeness (QED) is 0.793. The Labute approximate surface area is 110 Å². The maximum absolute atomic E-state index is 12.0. The zero-order chi connectivity index (χ0) is 13.0. The molecule has 1 saturated heterocycles. The maximum atomic E-state index is 12.0. The fourth-order valence-corrected chi connectivity index (χ4v) is 4.31. The Morgan fingerprint density at radius 1 is 1.11 bits per heavy atom. The molecule has 0 bridgehead atoms. The van der Waals surface area contributed by atoms with Crippen LogP contribution in [0.25, 0.3) is 0 Å². The third-order valence-corrected chi connectivity index (χ3v) is 5.30. The summed E-state index contributed by atoms with van der Waals surface area (Å²) < 4.78 is 32.3. The number of ether oxygens (including phenoxy) is 1. The first kappa shape index (κ1) is 14.2. The summed E-state index contributed by atoms with van der Waals surface area (Å²) in [6, 6.07) is 0.311. The molecular formula is C12H24N2O3S. The second kappa shape index (κ2) is 6.32. The van der Waals surface area contributed by atoms with E-state index in [2.05, 4.69) is 4.72 Å². The first-order valence-corrected chi connectivity index (χ1v) is 8.57. The Balaban J connectivity index is 1.79. The van der Waals surface area contributed by atoms with Gasteiger partial charge in [0.2, 0.25) is 10.0 Å². The predicted molar refractivity (Wildman–Crippen MR) is 70.7 cm³/mol. The van der Waals surface area contributed by atoms with E-state index in [9.17, 15) is 8.42 Å². The third-order valence-electron chi connectivity index (χ3n) is 3.80. The molecule has 1 saturated carbocycles. The van der Waals surface area contributed by atoms with Crippen molar-refractivity contribution in [3.05, 3.63) is 0 Å². The van der Waals surface area contributed by atoms with Crippen molar-refractivity contribution in [1.82, 2.24) is 4.72 Å². The van der Waals surface area contributed by atoms with Gasteiger partial charge >= 0.3 is 0 Å². The standard InChI is InChI=1S/C12H24N2O3S/c13-10-4-6-11(7-5-10)14-18(15,16)9-12-3-1-2-8-17-12/h10-12,14H,1-9,13H2. The van der Waals surface area contributed by atoms with E-state index in [0.717, 1.165) is 44.9 Å². The molecule has 0 amide bonds. The molecule has 2 aliphatic rings. The predicted octanol–water partition coefficient (Wildman–Crippen LogP) is 0.745. The van der Waals surface area contributed by atoms with Gasteiger partial charge < -0.3 is 10.5 Å². The summed E-state index contributed by atoms with van der Waals surface area (Å²) in [7, 11) is -3.21. The molecule has 2 rings (SSSR count). The van der Waals surface area contributed by atoms with E-state index in [1.54, 1.807) is 0 Å². The highest BCUT2D eigenvalue weighted by Crippen LogP contribution is 2.19. The molecule has 1 aliphatic carbocycles. The van der Waals surface area contributed by atoms with Crippen molar-refractivity contribution in [1.29, 1.82) is 0 Å². The lowest BCUT2D eigenvalue weighted by Gasteiger charge is -2.28. The number of hydrogen-bond acceptors (Lipinski definition) is 4. The summed E-state index contributed by atoms with van der Waals surface area (Å²) in [6.45, 7) is 0.693. The summed E-state index contributed by atoms with van der Waals surface area (Å²) in [5.41, 5.74) is 5.81. The largest absolute Gasteiger partial charge is 0.377 e. The summed E-state index contributed by atoms with van der Waals surface area (Å²) in [6.07, 6.45) is 6.37. The zero-order valence-electron chi connectivity index (χ0n) is 10.8. The lowest BCUT2D eigenvalue weighted by molar-refractivity contribution is 0.0303. The molecule has 3 N–H and O–H groups in total. The average molecular weight is 276 g/mol. The number of nitrogens with one attached hydrogen (secondary N) is 1. The van der Waals surface area contributed by atoms with Crippen molar-refractivity contribution in [2.45, 2.75) is 63.1 Å². The Hall–Kier alpha value is -0.170. The van der Waals surface area contributed by atoms with Crippen LogP contribution >= 0.6 is 0 Å². The van der Waals surface area contributed by atoms with Crippen LogP contribution in [0.15, 0.2) is 0 Å². The topological polar surface area (TPSA) is 81.4 Å². The van der Waals surface area contributed by atoms with Crippen LogP contribution in [0.4, 0.5) is 0 Å². The summed E-state index contributed by atoms with van der Waals surface area (Å²) in [5, 5.41) is 0. The second-order valence-corrected chi connectivity index (χ2v) is 7.30. The maximum Gasteiger partial charge on any atom is 0.214 e. The van der Waals surface area contributed by atoms with E-state index in [-0.39, 0.29) is 23.9 Å². The first-order chi connectivity index (χ1) is 8.55. The van der Waals surface area contributed by atoms with Crippen molar-refractivity contribution in [3.8, 4) is 0 Å². The van der Waals surface area contributed by atoms with Crippen LogP contribution in [0.3, 0.4) is 0 Å². The molecule has 0 spiro atoms. The van der Waals surface area contributed by atoms with Crippen LogP contribution < -0.4 is 10.5 Å². The highest BCUT2D eigenvalue weighted by Gasteiger charge is 2.26. The molecule has 6 heteroatoms. The van der Waals surface area contributed by atoms with Gasteiger partial charge in [-0.3, -0.25) is 0 Å². The minimum Gasteiger partial charge on any atom is -0.377 e. The molecule has 5 nitrogen and oxygen atoms in total. The van der Waals surface area contributed by atoms with Crippen LogP contribution in [0.2, 0.25) is 0 Å². The molecule has 1 atom stereocenters. The van der Waals surface area contributed by atoms with Gasteiger partial charge in [-0.15, -0.1) is 0 Å². The van der Waals surface area contributed by atoms with Gasteiger partial charge in [0.1, 0.15) is 0 Å². The van der Waals surface area contributed by atoms with Crippen molar-refractivity contribution in [2.24, 2.45) is 5.73 Å². The Morgan fingerprint density at radius 2 is 1.83 bits per heavy atom. The van der Waals surface area contributed by atoms with Crippen LogP contribution in [0.1, 0.15) is 44.9 Å². The highest BCUT2D eigenvalue weighted by molar-refractivity contribution is 7.89. The first-order valence-electron chi connectivity index (χ1n) is 6.92. The van der Waals surface area contributed by atoms with Crippen LogP contribution in [-0.4, -0.2) is 39.0 Å². The molecule has 106 valence electrons. The van der Waals surface area contributed by atoms with Gasteiger partial charge in [0.15, 0.2) is 0 Å². The van der Waals surface area contributed by atoms with Gasteiger partial charge in [0, 0.05) is 18.7 Å².